The Morgan fingerprint density at radius 2 is 2.07 bits per heavy atom. The molecule has 1 aromatic heterocycles. The molecule has 8 heteroatoms. The molecular formula is C20H21N3O5. The van der Waals surface area contributed by atoms with Gasteiger partial charge in [-0.05, 0) is 24.3 Å². The minimum Gasteiger partial charge on any atom is -0.496 e. The van der Waals surface area contributed by atoms with Crippen LogP contribution in [0.2, 0.25) is 0 Å². The van der Waals surface area contributed by atoms with E-state index in [1.165, 1.54) is 12.3 Å². The van der Waals surface area contributed by atoms with Crippen LogP contribution < -0.4 is 15.6 Å². The molecule has 0 spiro atoms. The van der Waals surface area contributed by atoms with Gasteiger partial charge in [-0.25, -0.2) is 0 Å². The number of amides is 3. The highest BCUT2D eigenvalue weighted by molar-refractivity contribution is 5.94. The molecule has 1 unspecified atom stereocenters. The number of rotatable bonds is 6. The third-order valence-electron chi connectivity index (χ3n) is 4.37. The van der Waals surface area contributed by atoms with Gasteiger partial charge in [-0.3, -0.25) is 25.2 Å². The van der Waals surface area contributed by atoms with E-state index >= 15 is 0 Å². The molecule has 28 heavy (non-hydrogen) atoms. The monoisotopic (exact) mass is 383 g/mol. The number of hydrogen-bond donors (Lipinski definition) is 2. The maximum atomic E-state index is 12.2. The Hall–Kier alpha value is -3.55. The molecule has 0 saturated carbocycles. The quantitative estimate of drug-likeness (QED) is 0.582. The summed E-state index contributed by atoms with van der Waals surface area (Å²) in [6.07, 6.45) is 4.51. The minimum atomic E-state index is -0.527. The molecule has 1 saturated heterocycles. The summed E-state index contributed by atoms with van der Waals surface area (Å²) in [7, 11) is 1.55. The molecule has 1 aliphatic heterocycles. The Morgan fingerprint density at radius 3 is 2.82 bits per heavy atom. The van der Waals surface area contributed by atoms with Crippen molar-refractivity contribution in [3.05, 3.63) is 60.1 Å². The lowest BCUT2D eigenvalue weighted by atomic mass is 10.1. The van der Waals surface area contributed by atoms with Gasteiger partial charge in [-0.2, -0.15) is 0 Å². The number of nitrogens with one attached hydrogen (secondary N) is 2. The maximum absolute atomic E-state index is 12.2. The summed E-state index contributed by atoms with van der Waals surface area (Å²) in [6.45, 7) is 0.599. The fourth-order valence-corrected chi connectivity index (χ4v) is 2.93. The zero-order valence-electron chi connectivity index (χ0n) is 15.4. The number of methoxy groups -OCH3 is 1. The van der Waals surface area contributed by atoms with E-state index in [-0.39, 0.29) is 18.9 Å². The Kier molecular flexibility index (Phi) is 6.11. The highest BCUT2D eigenvalue weighted by Gasteiger charge is 2.34. The van der Waals surface area contributed by atoms with Gasteiger partial charge in [-0.15, -0.1) is 0 Å². The lowest BCUT2D eigenvalue weighted by Crippen LogP contribution is -2.44. The summed E-state index contributed by atoms with van der Waals surface area (Å²) >= 11 is 0. The van der Waals surface area contributed by atoms with Crippen LogP contribution in [0, 0.1) is 5.92 Å². The van der Waals surface area contributed by atoms with Crippen LogP contribution in [-0.2, 0) is 20.9 Å². The molecule has 2 heterocycles. The van der Waals surface area contributed by atoms with Crippen LogP contribution in [0.4, 0.5) is 0 Å². The van der Waals surface area contributed by atoms with Gasteiger partial charge in [0, 0.05) is 24.6 Å². The van der Waals surface area contributed by atoms with E-state index in [0.717, 1.165) is 5.56 Å². The van der Waals surface area contributed by atoms with Crippen LogP contribution in [0.3, 0.4) is 0 Å². The molecule has 2 N–H and O–H groups in total. The largest absolute Gasteiger partial charge is 0.496 e. The third kappa shape index (κ3) is 4.79. The van der Waals surface area contributed by atoms with Gasteiger partial charge in [-0.1, -0.05) is 18.2 Å². The molecule has 1 aromatic carbocycles. The summed E-state index contributed by atoms with van der Waals surface area (Å²) < 4.78 is 10.4. The number of carbonyl (C=O) groups is 3. The van der Waals surface area contributed by atoms with Gasteiger partial charge in [0.2, 0.25) is 11.8 Å². The van der Waals surface area contributed by atoms with Gasteiger partial charge in [0.25, 0.3) is 5.91 Å². The number of para-hydroxylation sites is 1. The van der Waals surface area contributed by atoms with Crippen molar-refractivity contribution in [3.63, 3.8) is 0 Å². The van der Waals surface area contributed by atoms with Crippen molar-refractivity contribution in [2.45, 2.75) is 13.0 Å². The Morgan fingerprint density at radius 1 is 1.25 bits per heavy atom. The third-order valence-corrected chi connectivity index (χ3v) is 4.37. The molecular weight excluding hydrogens is 362 g/mol. The van der Waals surface area contributed by atoms with Gasteiger partial charge in [0.05, 0.1) is 25.8 Å². The molecule has 2 aromatic rings. The predicted octanol–water partition coefficient (Wildman–Crippen LogP) is 1.50. The van der Waals surface area contributed by atoms with Crippen LogP contribution in [0.25, 0.3) is 6.08 Å². The number of hydrazine groups is 1. The fraction of sp³-hybridized carbons (Fsp3) is 0.250. The number of nitrogens with zero attached hydrogens (tertiary/aromatic N) is 1. The molecule has 8 nitrogen and oxygen atoms in total. The first kappa shape index (κ1) is 19.2. The zero-order valence-corrected chi connectivity index (χ0v) is 15.4. The molecule has 1 aliphatic rings. The molecule has 3 rings (SSSR count). The maximum Gasteiger partial charge on any atom is 0.262 e. The van der Waals surface area contributed by atoms with Crippen LogP contribution in [0.5, 0.6) is 5.75 Å². The smallest absolute Gasteiger partial charge is 0.262 e. The van der Waals surface area contributed by atoms with Crippen LogP contribution >= 0.6 is 0 Å². The number of ether oxygens (including phenoxy) is 1. The van der Waals surface area contributed by atoms with Crippen LogP contribution in [0.1, 0.15) is 17.7 Å². The number of carbonyl (C=O) groups excluding carboxylic acids is 3. The van der Waals surface area contributed by atoms with Crippen LogP contribution in [0.15, 0.2) is 53.2 Å². The fourth-order valence-electron chi connectivity index (χ4n) is 2.93. The van der Waals surface area contributed by atoms with Gasteiger partial charge < -0.3 is 14.1 Å². The number of furan rings is 1. The average Bonchev–Trinajstić information content (AvgIpc) is 3.35. The van der Waals surface area contributed by atoms with Gasteiger partial charge in [0.15, 0.2) is 0 Å². The second kappa shape index (κ2) is 8.90. The van der Waals surface area contributed by atoms with E-state index in [4.69, 9.17) is 9.15 Å². The van der Waals surface area contributed by atoms with Crippen molar-refractivity contribution in [1.29, 1.82) is 0 Å². The van der Waals surface area contributed by atoms with Crippen molar-refractivity contribution in [2.24, 2.45) is 5.92 Å². The first-order valence-corrected chi connectivity index (χ1v) is 8.78. The van der Waals surface area contributed by atoms with E-state index in [0.29, 0.717) is 18.1 Å². The topological polar surface area (TPSA) is 101 Å². The first-order valence-electron chi connectivity index (χ1n) is 8.78. The van der Waals surface area contributed by atoms with Gasteiger partial charge >= 0.3 is 0 Å². The average molecular weight is 383 g/mol. The number of likely N-dealkylation sites (tertiary alicyclic amines) is 1. The highest BCUT2D eigenvalue weighted by atomic mass is 16.5. The standard InChI is InChI=1S/C20H21N3O5/c1-27-17-7-3-2-5-14(17)8-9-18(24)21-22-20(26)15-11-19(25)23(12-15)13-16-6-4-10-28-16/h2-10,15H,11-13H2,1H3,(H,21,24)(H,22,26)/b9-8+. The lowest BCUT2D eigenvalue weighted by molar-refractivity contribution is -0.130. The molecule has 0 aliphatic carbocycles. The molecule has 0 bridgehead atoms. The van der Waals surface area contributed by atoms with E-state index in [2.05, 4.69) is 10.9 Å². The van der Waals surface area contributed by atoms with Gasteiger partial charge in [0.1, 0.15) is 11.5 Å². The SMILES string of the molecule is COc1ccccc1/C=C/C(=O)NNC(=O)C1CC(=O)N(Cc2ccco2)C1. The second-order valence-corrected chi connectivity index (χ2v) is 6.31. The van der Waals surface area contributed by atoms with E-state index in [1.54, 1.807) is 42.4 Å². The zero-order chi connectivity index (χ0) is 19.9. The molecule has 3 amide bonds. The number of hydrogen-bond acceptors (Lipinski definition) is 5. The Balaban J connectivity index is 1.48. The molecule has 1 atom stereocenters. The van der Waals surface area contributed by atoms with E-state index < -0.39 is 17.7 Å². The van der Waals surface area contributed by atoms with Crippen LogP contribution in [-0.4, -0.2) is 36.3 Å². The summed E-state index contributed by atoms with van der Waals surface area (Å²) in [4.78, 5) is 37.8. The van der Waals surface area contributed by atoms with E-state index in [1.807, 2.05) is 12.1 Å². The van der Waals surface area contributed by atoms with Crippen molar-refractivity contribution < 1.29 is 23.5 Å². The molecule has 146 valence electrons. The summed E-state index contributed by atoms with van der Waals surface area (Å²) in [6, 6.07) is 10.8. The summed E-state index contributed by atoms with van der Waals surface area (Å²) in [5.74, 6) is -0.258. The van der Waals surface area contributed by atoms with Crippen molar-refractivity contribution in [2.75, 3.05) is 13.7 Å². The predicted molar refractivity (Wildman–Crippen MR) is 101 cm³/mol. The first-order chi connectivity index (χ1) is 13.6. The number of benzene rings is 1. The van der Waals surface area contributed by atoms with Crippen molar-refractivity contribution in [3.8, 4) is 5.75 Å². The highest BCUT2D eigenvalue weighted by Crippen LogP contribution is 2.20. The Bertz CT molecular complexity index is 876. The summed E-state index contributed by atoms with van der Waals surface area (Å²) in [5, 5.41) is 0. The minimum absolute atomic E-state index is 0.0967. The normalized spacial score (nSPS) is 16.4. The van der Waals surface area contributed by atoms with Crippen molar-refractivity contribution >= 4 is 23.8 Å². The summed E-state index contributed by atoms with van der Waals surface area (Å²) in [5.41, 5.74) is 5.43. The lowest BCUT2D eigenvalue weighted by Gasteiger charge is -2.15. The Labute approximate surface area is 162 Å². The van der Waals surface area contributed by atoms with Crippen molar-refractivity contribution in [1.82, 2.24) is 15.8 Å². The molecule has 0 radical (unpaired) electrons. The second-order valence-electron chi connectivity index (χ2n) is 6.31. The molecule has 1 fully saturated rings. The van der Waals surface area contributed by atoms with E-state index in [9.17, 15) is 14.4 Å².